The molecule has 0 bridgehead atoms. The van der Waals surface area contributed by atoms with Crippen LogP contribution in [0.2, 0.25) is 0 Å². The first-order valence-corrected chi connectivity index (χ1v) is 8.06. The summed E-state index contributed by atoms with van der Waals surface area (Å²) in [6.07, 6.45) is 3.72. The Kier molecular flexibility index (Phi) is 7.00. The molecule has 118 valence electrons. The molecule has 0 fully saturated rings. The topological polar surface area (TPSA) is 32.3 Å². The fourth-order valence-corrected chi connectivity index (χ4v) is 2.48. The second kappa shape index (κ2) is 9.28. The minimum absolute atomic E-state index is 0.860. The number of rotatable bonds is 9. The summed E-state index contributed by atoms with van der Waals surface area (Å²) in [7, 11) is 0. The van der Waals surface area contributed by atoms with Gasteiger partial charge in [0.05, 0.1) is 11.4 Å². The van der Waals surface area contributed by atoms with Crippen LogP contribution in [0.3, 0.4) is 0 Å². The molecule has 0 aliphatic rings. The van der Waals surface area contributed by atoms with E-state index in [2.05, 4.69) is 45.7 Å². The third kappa shape index (κ3) is 5.54. The van der Waals surface area contributed by atoms with Gasteiger partial charge in [-0.15, -0.1) is 0 Å². The van der Waals surface area contributed by atoms with E-state index < -0.39 is 0 Å². The van der Waals surface area contributed by atoms with E-state index in [4.69, 9.17) is 0 Å². The summed E-state index contributed by atoms with van der Waals surface area (Å²) in [5.41, 5.74) is 2.22. The van der Waals surface area contributed by atoms with Crippen LogP contribution in [-0.2, 0) is 13.1 Å². The van der Waals surface area contributed by atoms with Gasteiger partial charge in [0.1, 0.15) is 0 Å². The van der Waals surface area contributed by atoms with Gasteiger partial charge in [-0.3, -0.25) is 14.9 Å². The lowest BCUT2D eigenvalue weighted by Gasteiger charge is -2.25. The van der Waals surface area contributed by atoms with Crippen molar-refractivity contribution >= 4 is 0 Å². The monoisotopic (exact) mass is 298 g/mol. The van der Waals surface area contributed by atoms with Crippen molar-refractivity contribution in [3.63, 3.8) is 0 Å². The second-order valence-electron chi connectivity index (χ2n) is 5.38. The van der Waals surface area contributed by atoms with Crippen molar-refractivity contribution < 1.29 is 0 Å². The molecule has 22 heavy (non-hydrogen) atoms. The molecule has 2 rings (SSSR count). The van der Waals surface area contributed by atoms with Crippen LogP contribution in [0.5, 0.6) is 0 Å². The van der Waals surface area contributed by atoms with Crippen molar-refractivity contribution in [1.29, 1.82) is 0 Å². The van der Waals surface area contributed by atoms with Crippen LogP contribution < -0.4 is 0 Å². The van der Waals surface area contributed by atoms with E-state index in [1.54, 1.807) is 0 Å². The molecular formula is C18H26N4. The van der Waals surface area contributed by atoms with Crippen LogP contribution in [0, 0.1) is 0 Å². The van der Waals surface area contributed by atoms with Crippen molar-refractivity contribution in [2.75, 3.05) is 26.2 Å². The van der Waals surface area contributed by atoms with E-state index in [0.29, 0.717) is 0 Å². The minimum atomic E-state index is 0.860. The van der Waals surface area contributed by atoms with Gasteiger partial charge >= 0.3 is 0 Å². The SMILES string of the molecule is CCN(CC)CCN(Cc1ccccn1)Cc1ccccn1. The summed E-state index contributed by atoms with van der Waals surface area (Å²) in [6.45, 7) is 10.4. The second-order valence-corrected chi connectivity index (χ2v) is 5.38. The lowest BCUT2D eigenvalue weighted by Crippen LogP contribution is -2.34. The van der Waals surface area contributed by atoms with Gasteiger partial charge in [-0.25, -0.2) is 0 Å². The summed E-state index contributed by atoms with van der Waals surface area (Å²) in [6, 6.07) is 12.2. The Morgan fingerprint density at radius 2 is 1.23 bits per heavy atom. The molecule has 0 aliphatic heterocycles. The van der Waals surface area contributed by atoms with Crippen molar-refractivity contribution in [2.45, 2.75) is 26.9 Å². The number of pyridine rings is 2. The Labute approximate surface area is 133 Å². The van der Waals surface area contributed by atoms with Gasteiger partial charge < -0.3 is 4.90 Å². The van der Waals surface area contributed by atoms with Crippen molar-refractivity contribution in [1.82, 2.24) is 19.8 Å². The molecule has 0 unspecified atom stereocenters. The zero-order chi connectivity index (χ0) is 15.6. The molecular weight excluding hydrogens is 272 g/mol. The molecule has 0 spiro atoms. The maximum absolute atomic E-state index is 4.45. The first kappa shape index (κ1) is 16.6. The normalized spacial score (nSPS) is 11.3. The van der Waals surface area contributed by atoms with Crippen LogP contribution in [0.4, 0.5) is 0 Å². The average molecular weight is 298 g/mol. The van der Waals surface area contributed by atoms with E-state index in [1.165, 1.54) is 0 Å². The highest BCUT2D eigenvalue weighted by molar-refractivity contribution is 5.06. The molecule has 0 atom stereocenters. The smallest absolute Gasteiger partial charge is 0.0544 e. The summed E-state index contributed by atoms with van der Waals surface area (Å²) >= 11 is 0. The number of aromatic nitrogens is 2. The maximum Gasteiger partial charge on any atom is 0.0544 e. The maximum atomic E-state index is 4.45. The van der Waals surface area contributed by atoms with Gasteiger partial charge in [-0.1, -0.05) is 26.0 Å². The number of hydrogen-bond donors (Lipinski definition) is 0. The lowest BCUT2D eigenvalue weighted by atomic mass is 10.2. The summed E-state index contributed by atoms with van der Waals surface area (Å²) in [5, 5.41) is 0. The standard InChI is InChI=1S/C18H26N4/c1-3-21(4-2)13-14-22(15-17-9-5-7-11-19-17)16-18-10-6-8-12-20-18/h5-12H,3-4,13-16H2,1-2H3. The zero-order valence-electron chi connectivity index (χ0n) is 13.7. The third-order valence-corrected chi connectivity index (χ3v) is 3.85. The number of hydrogen-bond acceptors (Lipinski definition) is 4. The predicted molar refractivity (Wildman–Crippen MR) is 90.4 cm³/mol. The van der Waals surface area contributed by atoms with E-state index in [-0.39, 0.29) is 0 Å². The Hall–Kier alpha value is -1.78. The van der Waals surface area contributed by atoms with E-state index in [0.717, 1.165) is 50.7 Å². The van der Waals surface area contributed by atoms with Crippen LogP contribution in [0.25, 0.3) is 0 Å². The Balaban J connectivity index is 1.99. The Bertz CT molecular complexity index is 470. The lowest BCUT2D eigenvalue weighted by molar-refractivity contribution is 0.199. The quantitative estimate of drug-likeness (QED) is 0.712. The molecule has 4 heteroatoms. The minimum Gasteiger partial charge on any atom is -0.303 e. The molecule has 0 aliphatic carbocycles. The van der Waals surface area contributed by atoms with Gasteiger partial charge in [-0.05, 0) is 37.4 Å². The molecule has 0 aromatic carbocycles. The fraction of sp³-hybridized carbons (Fsp3) is 0.444. The fourth-order valence-electron chi connectivity index (χ4n) is 2.48. The summed E-state index contributed by atoms with van der Waals surface area (Å²) in [4.78, 5) is 13.8. The van der Waals surface area contributed by atoms with E-state index in [1.807, 2.05) is 36.7 Å². The zero-order valence-corrected chi connectivity index (χ0v) is 13.7. The molecule has 0 radical (unpaired) electrons. The first-order valence-electron chi connectivity index (χ1n) is 8.06. The summed E-state index contributed by atoms with van der Waals surface area (Å²) in [5.74, 6) is 0. The number of nitrogens with zero attached hydrogens (tertiary/aromatic N) is 4. The molecule has 2 heterocycles. The van der Waals surface area contributed by atoms with E-state index in [9.17, 15) is 0 Å². The molecule has 2 aromatic heterocycles. The third-order valence-electron chi connectivity index (χ3n) is 3.85. The number of likely N-dealkylation sites (N-methyl/N-ethyl adjacent to an activating group) is 1. The molecule has 0 N–H and O–H groups in total. The molecule has 4 nitrogen and oxygen atoms in total. The van der Waals surface area contributed by atoms with Crippen molar-refractivity contribution in [3.8, 4) is 0 Å². The van der Waals surface area contributed by atoms with Crippen molar-refractivity contribution in [2.24, 2.45) is 0 Å². The molecule has 0 saturated carbocycles. The Morgan fingerprint density at radius 3 is 1.64 bits per heavy atom. The van der Waals surface area contributed by atoms with E-state index >= 15 is 0 Å². The van der Waals surface area contributed by atoms with Crippen molar-refractivity contribution in [3.05, 3.63) is 60.2 Å². The van der Waals surface area contributed by atoms with Gasteiger partial charge in [0.25, 0.3) is 0 Å². The van der Waals surface area contributed by atoms with Crippen LogP contribution in [0.15, 0.2) is 48.8 Å². The largest absolute Gasteiger partial charge is 0.303 e. The molecule has 0 amide bonds. The van der Waals surface area contributed by atoms with Gasteiger partial charge in [0, 0.05) is 38.6 Å². The summed E-state index contributed by atoms with van der Waals surface area (Å²) < 4.78 is 0. The highest BCUT2D eigenvalue weighted by Crippen LogP contribution is 2.07. The molecule has 2 aromatic rings. The predicted octanol–water partition coefficient (Wildman–Crippen LogP) is 2.82. The van der Waals surface area contributed by atoms with Crippen LogP contribution in [0.1, 0.15) is 25.2 Å². The molecule has 0 saturated heterocycles. The first-order chi connectivity index (χ1) is 10.8. The van der Waals surface area contributed by atoms with Gasteiger partial charge in [0.2, 0.25) is 0 Å². The highest BCUT2D eigenvalue weighted by atomic mass is 15.2. The van der Waals surface area contributed by atoms with Crippen LogP contribution in [-0.4, -0.2) is 45.9 Å². The highest BCUT2D eigenvalue weighted by Gasteiger charge is 2.10. The Morgan fingerprint density at radius 1 is 0.727 bits per heavy atom. The van der Waals surface area contributed by atoms with Gasteiger partial charge in [0.15, 0.2) is 0 Å². The van der Waals surface area contributed by atoms with Crippen LogP contribution >= 0.6 is 0 Å². The van der Waals surface area contributed by atoms with Gasteiger partial charge in [-0.2, -0.15) is 0 Å². The average Bonchev–Trinajstić information content (AvgIpc) is 2.57.